The lowest BCUT2D eigenvalue weighted by Gasteiger charge is -2.15. The summed E-state index contributed by atoms with van der Waals surface area (Å²) in [7, 11) is 1.40. The Morgan fingerprint density at radius 1 is 0.947 bits per heavy atom. The minimum atomic E-state index is -1.08. The third kappa shape index (κ3) is 2.71. The lowest BCUT2D eigenvalue weighted by molar-refractivity contribution is 0.410. The summed E-state index contributed by atoms with van der Waals surface area (Å²) >= 11 is 0. The van der Waals surface area contributed by atoms with E-state index >= 15 is 0 Å². The summed E-state index contributed by atoms with van der Waals surface area (Å²) in [5.74, 6) is -1.60. The molecular formula is C14H12F3NO. The Morgan fingerprint density at radius 3 is 2.32 bits per heavy atom. The molecule has 1 unspecified atom stereocenters. The molecule has 0 aliphatic rings. The fourth-order valence-corrected chi connectivity index (χ4v) is 1.81. The van der Waals surface area contributed by atoms with Crippen molar-refractivity contribution in [1.82, 2.24) is 0 Å². The third-order valence-corrected chi connectivity index (χ3v) is 2.84. The van der Waals surface area contributed by atoms with E-state index in [0.29, 0.717) is 5.75 Å². The van der Waals surface area contributed by atoms with E-state index in [1.54, 1.807) is 0 Å². The predicted octanol–water partition coefficient (Wildman–Crippen LogP) is 3.16. The smallest absolute Gasteiger partial charge is 0.132 e. The SMILES string of the molecule is COc1ccc(C(N)c2cc(F)ccc2F)c(F)c1. The molecule has 5 heteroatoms. The number of benzene rings is 2. The molecule has 0 amide bonds. The highest BCUT2D eigenvalue weighted by Crippen LogP contribution is 2.27. The van der Waals surface area contributed by atoms with Crippen molar-refractivity contribution in [2.75, 3.05) is 7.11 Å². The van der Waals surface area contributed by atoms with Crippen molar-refractivity contribution in [2.45, 2.75) is 6.04 Å². The van der Waals surface area contributed by atoms with Crippen LogP contribution in [0.15, 0.2) is 36.4 Å². The van der Waals surface area contributed by atoms with Gasteiger partial charge in [0.05, 0.1) is 13.2 Å². The molecule has 0 aliphatic heterocycles. The van der Waals surface area contributed by atoms with Crippen LogP contribution in [0.5, 0.6) is 5.75 Å². The Balaban J connectivity index is 2.43. The molecule has 19 heavy (non-hydrogen) atoms. The van der Waals surface area contributed by atoms with Crippen LogP contribution in [0, 0.1) is 17.5 Å². The number of halogens is 3. The summed E-state index contributed by atoms with van der Waals surface area (Å²) in [6, 6.07) is 5.87. The van der Waals surface area contributed by atoms with E-state index in [4.69, 9.17) is 10.5 Å². The molecule has 0 fully saturated rings. The molecule has 0 saturated heterocycles. The van der Waals surface area contributed by atoms with Crippen molar-refractivity contribution in [3.8, 4) is 5.75 Å². The number of hydrogen-bond donors (Lipinski definition) is 1. The molecule has 0 spiro atoms. The molecule has 0 aromatic heterocycles. The lowest BCUT2D eigenvalue weighted by atomic mass is 9.98. The van der Waals surface area contributed by atoms with Crippen LogP contribution in [0.2, 0.25) is 0 Å². The van der Waals surface area contributed by atoms with Crippen molar-refractivity contribution in [3.63, 3.8) is 0 Å². The number of rotatable bonds is 3. The third-order valence-electron chi connectivity index (χ3n) is 2.84. The summed E-state index contributed by atoms with van der Waals surface area (Å²) in [5, 5.41) is 0. The maximum absolute atomic E-state index is 13.8. The first-order valence-electron chi connectivity index (χ1n) is 5.57. The minimum absolute atomic E-state index is 0.0744. The van der Waals surface area contributed by atoms with E-state index < -0.39 is 23.5 Å². The van der Waals surface area contributed by atoms with Crippen LogP contribution < -0.4 is 10.5 Å². The fraction of sp³-hybridized carbons (Fsp3) is 0.143. The van der Waals surface area contributed by atoms with Crippen molar-refractivity contribution in [1.29, 1.82) is 0 Å². The van der Waals surface area contributed by atoms with Gasteiger partial charge in [-0.2, -0.15) is 0 Å². The van der Waals surface area contributed by atoms with E-state index in [1.807, 2.05) is 0 Å². The molecule has 2 aromatic rings. The Hall–Kier alpha value is -2.01. The van der Waals surface area contributed by atoms with Gasteiger partial charge in [0.2, 0.25) is 0 Å². The molecule has 0 heterocycles. The Kier molecular flexibility index (Phi) is 3.76. The maximum Gasteiger partial charge on any atom is 0.132 e. The zero-order chi connectivity index (χ0) is 14.0. The predicted molar refractivity (Wildman–Crippen MR) is 65.3 cm³/mol. The van der Waals surface area contributed by atoms with Gasteiger partial charge in [-0.15, -0.1) is 0 Å². The molecule has 100 valence electrons. The Morgan fingerprint density at radius 2 is 1.68 bits per heavy atom. The monoisotopic (exact) mass is 267 g/mol. The molecular weight excluding hydrogens is 255 g/mol. The second kappa shape index (κ2) is 5.32. The quantitative estimate of drug-likeness (QED) is 0.927. The number of methoxy groups -OCH3 is 1. The van der Waals surface area contributed by atoms with Gasteiger partial charge in [0, 0.05) is 17.2 Å². The number of hydrogen-bond acceptors (Lipinski definition) is 2. The van der Waals surface area contributed by atoms with Crippen LogP contribution in [0.25, 0.3) is 0 Å². The Labute approximate surface area is 108 Å². The first kappa shape index (κ1) is 13.4. The lowest BCUT2D eigenvalue weighted by Crippen LogP contribution is -2.15. The fourth-order valence-electron chi connectivity index (χ4n) is 1.81. The molecule has 2 aromatic carbocycles. The van der Waals surface area contributed by atoms with Gasteiger partial charge in [-0.25, -0.2) is 13.2 Å². The van der Waals surface area contributed by atoms with E-state index in [2.05, 4.69) is 0 Å². The number of ether oxygens (including phenoxy) is 1. The van der Waals surface area contributed by atoms with E-state index in [-0.39, 0.29) is 11.1 Å². The van der Waals surface area contributed by atoms with Gasteiger partial charge in [0.15, 0.2) is 0 Å². The van der Waals surface area contributed by atoms with Gasteiger partial charge in [-0.1, -0.05) is 6.07 Å². The van der Waals surface area contributed by atoms with Gasteiger partial charge in [-0.3, -0.25) is 0 Å². The molecule has 2 rings (SSSR count). The molecule has 2 nitrogen and oxygen atoms in total. The molecule has 0 radical (unpaired) electrons. The maximum atomic E-state index is 13.8. The van der Waals surface area contributed by atoms with E-state index in [0.717, 1.165) is 24.3 Å². The molecule has 2 N–H and O–H groups in total. The first-order chi connectivity index (χ1) is 9.02. The zero-order valence-electron chi connectivity index (χ0n) is 10.2. The van der Waals surface area contributed by atoms with Crippen LogP contribution in [0.4, 0.5) is 13.2 Å². The highest BCUT2D eigenvalue weighted by Gasteiger charge is 2.18. The summed E-state index contributed by atoms with van der Waals surface area (Å²) in [5.41, 5.74) is 5.77. The van der Waals surface area contributed by atoms with Gasteiger partial charge < -0.3 is 10.5 Å². The van der Waals surface area contributed by atoms with E-state index in [9.17, 15) is 13.2 Å². The van der Waals surface area contributed by atoms with Crippen molar-refractivity contribution < 1.29 is 17.9 Å². The summed E-state index contributed by atoms with van der Waals surface area (Å²) in [6.45, 7) is 0. The van der Waals surface area contributed by atoms with Crippen LogP contribution in [0.3, 0.4) is 0 Å². The van der Waals surface area contributed by atoms with Gasteiger partial charge in [-0.05, 0) is 24.3 Å². The van der Waals surface area contributed by atoms with Gasteiger partial charge in [0.1, 0.15) is 23.2 Å². The average Bonchev–Trinajstić information content (AvgIpc) is 2.40. The Bertz CT molecular complexity index is 601. The van der Waals surface area contributed by atoms with Crippen LogP contribution in [-0.4, -0.2) is 7.11 Å². The summed E-state index contributed by atoms with van der Waals surface area (Å²) in [6.07, 6.45) is 0. The topological polar surface area (TPSA) is 35.2 Å². The molecule has 1 atom stereocenters. The highest BCUT2D eigenvalue weighted by molar-refractivity contribution is 5.37. The first-order valence-corrected chi connectivity index (χ1v) is 5.57. The van der Waals surface area contributed by atoms with Crippen molar-refractivity contribution >= 4 is 0 Å². The van der Waals surface area contributed by atoms with E-state index in [1.165, 1.54) is 19.2 Å². The van der Waals surface area contributed by atoms with Crippen LogP contribution in [0.1, 0.15) is 17.2 Å². The zero-order valence-corrected chi connectivity index (χ0v) is 10.2. The van der Waals surface area contributed by atoms with Crippen LogP contribution in [-0.2, 0) is 0 Å². The molecule has 0 bridgehead atoms. The summed E-state index contributed by atoms with van der Waals surface area (Å²) < 4.78 is 45.4. The van der Waals surface area contributed by atoms with Crippen LogP contribution >= 0.6 is 0 Å². The summed E-state index contributed by atoms with van der Waals surface area (Å²) in [4.78, 5) is 0. The van der Waals surface area contributed by atoms with Gasteiger partial charge >= 0.3 is 0 Å². The standard InChI is InChI=1S/C14H12F3NO/c1-19-9-3-4-10(13(17)7-9)14(18)11-6-8(15)2-5-12(11)16/h2-7,14H,18H2,1H3. The normalized spacial score (nSPS) is 12.3. The number of nitrogens with two attached hydrogens (primary N) is 1. The highest BCUT2D eigenvalue weighted by atomic mass is 19.1. The largest absolute Gasteiger partial charge is 0.497 e. The van der Waals surface area contributed by atoms with Crippen molar-refractivity contribution in [3.05, 3.63) is 65.0 Å². The average molecular weight is 267 g/mol. The molecule has 0 saturated carbocycles. The van der Waals surface area contributed by atoms with Crippen molar-refractivity contribution in [2.24, 2.45) is 5.73 Å². The molecule has 0 aliphatic carbocycles. The second-order valence-corrected chi connectivity index (χ2v) is 4.03. The minimum Gasteiger partial charge on any atom is -0.497 e. The second-order valence-electron chi connectivity index (χ2n) is 4.03. The van der Waals surface area contributed by atoms with Gasteiger partial charge in [0.25, 0.3) is 0 Å².